The van der Waals surface area contributed by atoms with Crippen LogP contribution in [0.3, 0.4) is 0 Å². The zero-order chi connectivity index (χ0) is 17.0. The second-order valence-electron chi connectivity index (χ2n) is 6.74. The molecule has 2 unspecified atom stereocenters. The van der Waals surface area contributed by atoms with Crippen molar-refractivity contribution in [1.29, 1.82) is 0 Å². The summed E-state index contributed by atoms with van der Waals surface area (Å²) < 4.78 is 53.1. The molecule has 0 aromatic carbocycles. The minimum absolute atomic E-state index is 0.261. The molecule has 2 rings (SSSR count). The maximum absolute atomic E-state index is 14.2. The van der Waals surface area contributed by atoms with E-state index >= 15 is 0 Å². The van der Waals surface area contributed by atoms with E-state index in [-0.39, 0.29) is 12.7 Å². The fourth-order valence-corrected chi connectivity index (χ4v) is 3.28. The Kier molecular flexibility index (Phi) is 6.62. The summed E-state index contributed by atoms with van der Waals surface area (Å²) in [5.74, 6) is -0.489. The maximum atomic E-state index is 14.2. The van der Waals surface area contributed by atoms with Gasteiger partial charge in [0.2, 0.25) is 0 Å². The molecule has 1 aliphatic heterocycles. The SMILES string of the molecule is CC(C)(C)[S@@+]([O-])NC(CCC1OCCO1)C1=C(F)CC(F)C=C1. The van der Waals surface area contributed by atoms with Gasteiger partial charge in [-0.2, -0.15) is 0 Å². The molecule has 1 saturated heterocycles. The molecule has 0 bridgehead atoms. The molecular formula is C16H25F2NO3S. The Morgan fingerprint density at radius 3 is 2.61 bits per heavy atom. The van der Waals surface area contributed by atoms with Crippen LogP contribution in [-0.4, -0.2) is 41.0 Å². The van der Waals surface area contributed by atoms with Crippen molar-refractivity contribution in [2.45, 2.75) is 63.3 Å². The van der Waals surface area contributed by atoms with Crippen molar-refractivity contribution in [3.8, 4) is 0 Å². The van der Waals surface area contributed by atoms with Gasteiger partial charge < -0.3 is 14.0 Å². The van der Waals surface area contributed by atoms with Gasteiger partial charge in [0.1, 0.15) is 16.7 Å². The highest BCUT2D eigenvalue weighted by Crippen LogP contribution is 2.28. The van der Waals surface area contributed by atoms with E-state index in [0.29, 0.717) is 31.6 Å². The van der Waals surface area contributed by atoms with E-state index in [2.05, 4.69) is 4.72 Å². The highest BCUT2D eigenvalue weighted by molar-refractivity contribution is 7.90. The molecular weight excluding hydrogens is 324 g/mol. The van der Waals surface area contributed by atoms with Gasteiger partial charge in [-0.05, 0) is 33.3 Å². The summed E-state index contributed by atoms with van der Waals surface area (Å²) in [5.41, 5.74) is 0.370. The first kappa shape index (κ1) is 18.9. The Bertz CT molecular complexity index is 459. The number of nitrogens with one attached hydrogen (secondary N) is 1. The van der Waals surface area contributed by atoms with E-state index in [1.807, 2.05) is 20.8 Å². The molecule has 4 nitrogen and oxygen atoms in total. The van der Waals surface area contributed by atoms with E-state index < -0.39 is 34.1 Å². The van der Waals surface area contributed by atoms with E-state index in [1.165, 1.54) is 12.2 Å². The minimum Gasteiger partial charge on any atom is -0.598 e. The van der Waals surface area contributed by atoms with Crippen LogP contribution >= 0.6 is 0 Å². The average Bonchev–Trinajstić information content (AvgIpc) is 2.96. The topological polar surface area (TPSA) is 53.5 Å². The molecule has 0 aromatic rings. The Morgan fingerprint density at radius 1 is 1.39 bits per heavy atom. The Balaban J connectivity index is 2.07. The molecule has 23 heavy (non-hydrogen) atoms. The third-order valence-corrected chi connectivity index (χ3v) is 5.35. The monoisotopic (exact) mass is 349 g/mol. The van der Waals surface area contributed by atoms with Crippen LogP contribution in [0.1, 0.15) is 40.0 Å². The van der Waals surface area contributed by atoms with Gasteiger partial charge in [-0.15, -0.1) is 4.72 Å². The molecule has 3 atom stereocenters. The van der Waals surface area contributed by atoms with E-state index in [9.17, 15) is 13.3 Å². The van der Waals surface area contributed by atoms with Crippen molar-refractivity contribution in [2.24, 2.45) is 0 Å². The average molecular weight is 349 g/mol. The Hall–Kier alpha value is -0.470. The quantitative estimate of drug-likeness (QED) is 0.749. The largest absolute Gasteiger partial charge is 0.598 e. The molecule has 1 fully saturated rings. The van der Waals surface area contributed by atoms with Gasteiger partial charge in [-0.25, -0.2) is 8.78 Å². The first-order chi connectivity index (χ1) is 10.8. The Labute approximate surface area is 139 Å². The van der Waals surface area contributed by atoms with Crippen LogP contribution in [0.25, 0.3) is 0 Å². The van der Waals surface area contributed by atoms with Crippen LogP contribution in [0.2, 0.25) is 0 Å². The molecule has 7 heteroatoms. The summed E-state index contributed by atoms with van der Waals surface area (Å²) in [5, 5.41) is 0. The van der Waals surface area contributed by atoms with Crippen molar-refractivity contribution in [2.75, 3.05) is 13.2 Å². The lowest BCUT2D eigenvalue weighted by Gasteiger charge is -2.30. The van der Waals surface area contributed by atoms with E-state index in [4.69, 9.17) is 9.47 Å². The van der Waals surface area contributed by atoms with Crippen molar-refractivity contribution in [1.82, 2.24) is 4.72 Å². The van der Waals surface area contributed by atoms with Gasteiger partial charge >= 0.3 is 0 Å². The summed E-state index contributed by atoms with van der Waals surface area (Å²) >= 11 is -1.36. The first-order valence-electron chi connectivity index (χ1n) is 7.89. The van der Waals surface area contributed by atoms with Gasteiger partial charge in [0.15, 0.2) is 6.29 Å². The third-order valence-electron chi connectivity index (χ3n) is 3.73. The number of rotatable bonds is 6. The number of alkyl halides is 1. The first-order valence-corrected chi connectivity index (χ1v) is 9.04. The van der Waals surface area contributed by atoms with Crippen LogP contribution in [0.15, 0.2) is 23.6 Å². The van der Waals surface area contributed by atoms with Crippen LogP contribution in [0, 0.1) is 0 Å². The highest BCUT2D eigenvalue weighted by atomic mass is 32.2. The molecule has 0 spiro atoms. The predicted molar refractivity (Wildman–Crippen MR) is 86.5 cm³/mol. The minimum atomic E-state index is -1.36. The summed E-state index contributed by atoms with van der Waals surface area (Å²) in [4.78, 5) is 0. The van der Waals surface area contributed by atoms with E-state index in [0.717, 1.165) is 0 Å². The smallest absolute Gasteiger partial charge is 0.157 e. The second-order valence-corrected chi connectivity index (χ2v) is 8.74. The number of hydrogen-bond acceptors (Lipinski definition) is 4. The fourth-order valence-electron chi connectivity index (χ4n) is 2.42. The van der Waals surface area contributed by atoms with Crippen molar-refractivity contribution in [3.05, 3.63) is 23.6 Å². The fraction of sp³-hybridized carbons (Fsp3) is 0.750. The van der Waals surface area contributed by atoms with Crippen molar-refractivity contribution < 1.29 is 22.8 Å². The summed E-state index contributed by atoms with van der Waals surface area (Å²) in [6, 6.07) is -0.466. The number of hydrogen-bond donors (Lipinski definition) is 1. The second kappa shape index (κ2) is 8.07. The maximum Gasteiger partial charge on any atom is 0.157 e. The lowest BCUT2D eigenvalue weighted by molar-refractivity contribution is -0.0483. The third kappa shape index (κ3) is 5.53. The molecule has 0 saturated carbocycles. The molecule has 1 heterocycles. The number of ether oxygens (including phenoxy) is 2. The molecule has 1 aliphatic carbocycles. The number of allylic oxidation sites excluding steroid dienone is 2. The predicted octanol–water partition coefficient (Wildman–Crippen LogP) is 3.08. The number of halogens is 2. The molecule has 2 aliphatic rings. The van der Waals surface area contributed by atoms with Gasteiger partial charge in [0.05, 0.1) is 19.3 Å². The molecule has 132 valence electrons. The van der Waals surface area contributed by atoms with Crippen LogP contribution < -0.4 is 4.72 Å². The lowest BCUT2D eigenvalue weighted by atomic mass is 9.95. The highest BCUT2D eigenvalue weighted by Gasteiger charge is 2.33. The van der Waals surface area contributed by atoms with Crippen LogP contribution in [-0.2, 0) is 20.8 Å². The van der Waals surface area contributed by atoms with Crippen molar-refractivity contribution >= 4 is 11.4 Å². The zero-order valence-corrected chi connectivity index (χ0v) is 14.6. The zero-order valence-electron chi connectivity index (χ0n) is 13.8. The van der Waals surface area contributed by atoms with Gasteiger partial charge in [0, 0.05) is 29.8 Å². The normalized spacial score (nSPS) is 25.9. The molecule has 1 N–H and O–H groups in total. The van der Waals surface area contributed by atoms with Crippen molar-refractivity contribution in [3.63, 3.8) is 0 Å². The molecule has 0 radical (unpaired) electrons. The summed E-state index contributed by atoms with van der Waals surface area (Å²) in [7, 11) is 0. The van der Waals surface area contributed by atoms with Gasteiger partial charge in [-0.3, -0.25) is 0 Å². The van der Waals surface area contributed by atoms with Gasteiger partial charge in [0.25, 0.3) is 0 Å². The summed E-state index contributed by atoms with van der Waals surface area (Å²) in [6.45, 7) is 6.63. The Morgan fingerprint density at radius 2 is 2.04 bits per heavy atom. The van der Waals surface area contributed by atoms with Gasteiger partial charge in [-0.1, -0.05) is 6.08 Å². The molecule has 0 aromatic heterocycles. The molecule has 0 amide bonds. The lowest BCUT2D eigenvalue weighted by Crippen LogP contribution is -2.46. The van der Waals surface area contributed by atoms with E-state index in [1.54, 1.807) is 0 Å². The standard InChI is InChI=1S/C16H25F2NO3S/c1-16(2,3)23(20)19-14(6-7-15-21-8-9-22-15)12-5-4-11(17)10-13(12)18/h4-5,11,14-15,19H,6-10H2,1-3H3/t11?,14?,23-/m1/s1. The van der Waals surface area contributed by atoms with Crippen LogP contribution in [0.5, 0.6) is 0 Å². The summed E-state index contributed by atoms with van der Waals surface area (Å²) in [6.07, 6.45) is 1.98. The van der Waals surface area contributed by atoms with Crippen LogP contribution in [0.4, 0.5) is 8.78 Å².